The van der Waals surface area contributed by atoms with Crippen molar-refractivity contribution >= 4 is 5.97 Å². The molecule has 2 heteroatoms. The highest BCUT2D eigenvalue weighted by Gasteiger charge is 2.03. The molecule has 0 aliphatic carbocycles. The van der Waals surface area contributed by atoms with Gasteiger partial charge >= 0.3 is 5.97 Å². The number of hydrogen-bond acceptors (Lipinski definition) is 2. The van der Waals surface area contributed by atoms with Gasteiger partial charge in [0.05, 0.1) is 0 Å². The summed E-state index contributed by atoms with van der Waals surface area (Å²) in [5, 5.41) is 0. The van der Waals surface area contributed by atoms with Crippen LogP contribution in [0.5, 0.6) is 0 Å². The third-order valence-corrected chi connectivity index (χ3v) is 4.00. The Kier molecular flexibility index (Phi) is 10.4. The maximum absolute atomic E-state index is 11.7. The molecule has 0 radical (unpaired) electrons. The molecule has 0 amide bonds. The predicted octanol–water partition coefficient (Wildman–Crippen LogP) is 5.96. The minimum absolute atomic E-state index is 0.0662. The molecule has 0 spiro atoms. The number of unbranched alkanes of at least 4 members (excludes halogenated alkanes) is 8. The molecule has 0 N–H and O–H groups in total. The summed E-state index contributed by atoms with van der Waals surface area (Å²) in [5.41, 5.74) is 2.29. The van der Waals surface area contributed by atoms with Gasteiger partial charge in [-0.15, -0.1) is 0 Å². The Morgan fingerprint density at radius 2 is 1.41 bits per heavy atom. The molecule has 1 aromatic carbocycles. The normalized spacial score (nSPS) is 10.6. The van der Waals surface area contributed by atoms with Crippen molar-refractivity contribution < 1.29 is 9.53 Å². The highest BCUT2D eigenvalue weighted by molar-refractivity contribution is 5.69. The van der Waals surface area contributed by atoms with E-state index >= 15 is 0 Å². The van der Waals surface area contributed by atoms with Gasteiger partial charge in [0.25, 0.3) is 0 Å². The van der Waals surface area contributed by atoms with Crippen molar-refractivity contribution in [3.05, 3.63) is 35.4 Å². The van der Waals surface area contributed by atoms with E-state index in [2.05, 4.69) is 13.8 Å². The zero-order chi connectivity index (χ0) is 16.0. The molecule has 0 atom stereocenters. The summed E-state index contributed by atoms with van der Waals surface area (Å²) in [4.78, 5) is 11.7. The number of carbonyl (C=O) groups is 1. The van der Waals surface area contributed by atoms with Crippen LogP contribution >= 0.6 is 0 Å². The molecular weight excluding hydrogens is 272 g/mol. The smallest absolute Gasteiger partial charge is 0.306 e. The fourth-order valence-corrected chi connectivity index (χ4v) is 2.50. The summed E-state index contributed by atoms with van der Waals surface area (Å²) in [5.74, 6) is -0.0662. The van der Waals surface area contributed by atoms with Gasteiger partial charge in [-0.1, -0.05) is 88.1 Å². The van der Waals surface area contributed by atoms with E-state index in [1.54, 1.807) is 0 Å². The van der Waals surface area contributed by atoms with E-state index in [4.69, 9.17) is 4.74 Å². The first kappa shape index (κ1) is 18.7. The summed E-state index contributed by atoms with van der Waals surface area (Å²) in [6.07, 6.45) is 12.0. The Bertz CT molecular complexity index is 395. The fraction of sp³-hybridized carbons (Fsp3) is 0.650. The highest BCUT2D eigenvalue weighted by atomic mass is 16.5. The molecule has 0 saturated carbocycles. The fourth-order valence-electron chi connectivity index (χ4n) is 2.50. The molecule has 0 fully saturated rings. The van der Waals surface area contributed by atoms with Crippen LogP contribution in [0.2, 0.25) is 0 Å². The summed E-state index contributed by atoms with van der Waals surface area (Å²) in [6.45, 7) is 4.70. The Hall–Kier alpha value is -1.31. The molecule has 0 unspecified atom stereocenters. The van der Waals surface area contributed by atoms with E-state index in [-0.39, 0.29) is 5.97 Å². The molecule has 0 aliphatic heterocycles. The minimum Gasteiger partial charge on any atom is -0.461 e. The first-order valence-corrected chi connectivity index (χ1v) is 8.93. The molecule has 1 rings (SSSR count). The Morgan fingerprint density at radius 3 is 2.00 bits per heavy atom. The van der Waals surface area contributed by atoms with Gasteiger partial charge < -0.3 is 4.74 Å². The molecule has 124 valence electrons. The summed E-state index contributed by atoms with van der Waals surface area (Å²) in [6, 6.07) is 8.12. The molecule has 0 aromatic heterocycles. The lowest BCUT2D eigenvalue weighted by atomic mass is 10.1. The zero-order valence-corrected chi connectivity index (χ0v) is 14.4. The van der Waals surface area contributed by atoms with E-state index in [0.29, 0.717) is 13.0 Å². The topological polar surface area (TPSA) is 26.3 Å². The molecule has 1 aromatic rings. The van der Waals surface area contributed by atoms with Gasteiger partial charge in [0.15, 0.2) is 0 Å². The maximum atomic E-state index is 11.7. The Labute approximate surface area is 136 Å². The lowest BCUT2D eigenvalue weighted by Gasteiger charge is -2.05. The minimum atomic E-state index is -0.0662. The van der Waals surface area contributed by atoms with Crippen molar-refractivity contribution in [2.75, 3.05) is 0 Å². The second-order valence-electron chi connectivity index (χ2n) is 6.22. The number of benzene rings is 1. The molecule has 0 saturated heterocycles. The van der Waals surface area contributed by atoms with E-state index in [1.165, 1.54) is 50.5 Å². The predicted molar refractivity (Wildman–Crippen MR) is 92.8 cm³/mol. The first-order valence-electron chi connectivity index (χ1n) is 8.93. The number of carbonyl (C=O) groups excluding carboxylic acids is 1. The number of aryl methyl sites for hydroxylation is 1. The molecule has 0 bridgehead atoms. The van der Waals surface area contributed by atoms with Crippen LogP contribution in [-0.4, -0.2) is 5.97 Å². The lowest BCUT2D eigenvalue weighted by Crippen LogP contribution is -2.04. The van der Waals surface area contributed by atoms with Gasteiger partial charge in [0.2, 0.25) is 0 Å². The second-order valence-corrected chi connectivity index (χ2v) is 6.22. The monoisotopic (exact) mass is 304 g/mol. The molecule has 22 heavy (non-hydrogen) atoms. The summed E-state index contributed by atoms with van der Waals surface area (Å²) in [7, 11) is 0. The standard InChI is InChI=1S/C20H32O2/c1-3-4-5-6-7-8-9-10-11-12-20(21)22-17-19-15-13-18(2)14-16-19/h13-16H,3-12,17H2,1-2H3. The summed E-state index contributed by atoms with van der Waals surface area (Å²) >= 11 is 0. The number of hydrogen-bond donors (Lipinski definition) is 0. The lowest BCUT2D eigenvalue weighted by molar-refractivity contribution is -0.145. The number of ether oxygens (including phenoxy) is 1. The zero-order valence-electron chi connectivity index (χ0n) is 14.4. The van der Waals surface area contributed by atoms with Crippen LogP contribution < -0.4 is 0 Å². The number of esters is 1. The van der Waals surface area contributed by atoms with Crippen LogP contribution in [-0.2, 0) is 16.1 Å². The highest BCUT2D eigenvalue weighted by Crippen LogP contribution is 2.11. The van der Waals surface area contributed by atoms with Crippen molar-refractivity contribution in [1.29, 1.82) is 0 Å². The van der Waals surface area contributed by atoms with Crippen molar-refractivity contribution in [3.63, 3.8) is 0 Å². The SMILES string of the molecule is CCCCCCCCCCCC(=O)OCc1ccc(C)cc1. The Morgan fingerprint density at radius 1 is 0.864 bits per heavy atom. The van der Waals surface area contributed by atoms with E-state index < -0.39 is 0 Å². The van der Waals surface area contributed by atoms with Crippen LogP contribution in [0.4, 0.5) is 0 Å². The Balaban J connectivity index is 1.94. The second kappa shape index (κ2) is 12.3. The quantitative estimate of drug-likeness (QED) is 0.352. The van der Waals surface area contributed by atoms with E-state index in [9.17, 15) is 4.79 Å². The molecule has 0 aliphatic rings. The first-order chi connectivity index (χ1) is 10.7. The largest absolute Gasteiger partial charge is 0.461 e. The van der Waals surface area contributed by atoms with Crippen LogP contribution in [0.25, 0.3) is 0 Å². The van der Waals surface area contributed by atoms with Crippen LogP contribution in [0.3, 0.4) is 0 Å². The third-order valence-electron chi connectivity index (χ3n) is 4.00. The molecule has 0 heterocycles. The number of rotatable bonds is 12. The average Bonchev–Trinajstić information content (AvgIpc) is 2.53. The average molecular weight is 304 g/mol. The van der Waals surface area contributed by atoms with Crippen LogP contribution in [0, 0.1) is 6.92 Å². The van der Waals surface area contributed by atoms with Gasteiger partial charge in [-0.2, -0.15) is 0 Å². The van der Waals surface area contributed by atoms with Crippen LogP contribution in [0.1, 0.15) is 82.3 Å². The van der Waals surface area contributed by atoms with Crippen molar-refractivity contribution in [1.82, 2.24) is 0 Å². The van der Waals surface area contributed by atoms with Crippen molar-refractivity contribution in [2.45, 2.75) is 84.7 Å². The van der Waals surface area contributed by atoms with Gasteiger partial charge in [-0.3, -0.25) is 4.79 Å². The van der Waals surface area contributed by atoms with Gasteiger partial charge in [0.1, 0.15) is 6.61 Å². The molecular formula is C20H32O2. The van der Waals surface area contributed by atoms with Gasteiger partial charge in [-0.25, -0.2) is 0 Å². The van der Waals surface area contributed by atoms with E-state index in [0.717, 1.165) is 18.4 Å². The van der Waals surface area contributed by atoms with E-state index in [1.807, 2.05) is 24.3 Å². The van der Waals surface area contributed by atoms with Crippen LogP contribution in [0.15, 0.2) is 24.3 Å². The summed E-state index contributed by atoms with van der Waals surface area (Å²) < 4.78 is 5.30. The van der Waals surface area contributed by atoms with Crippen molar-refractivity contribution in [3.8, 4) is 0 Å². The van der Waals surface area contributed by atoms with Gasteiger partial charge in [-0.05, 0) is 18.9 Å². The van der Waals surface area contributed by atoms with Crippen molar-refractivity contribution in [2.24, 2.45) is 0 Å². The van der Waals surface area contributed by atoms with Gasteiger partial charge in [0, 0.05) is 6.42 Å². The third kappa shape index (κ3) is 9.59. The molecule has 2 nitrogen and oxygen atoms in total. The maximum Gasteiger partial charge on any atom is 0.306 e.